The monoisotopic (exact) mass is 427 g/mol. The van der Waals surface area contributed by atoms with Gasteiger partial charge in [-0.25, -0.2) is 8.42 Å². The lowest BCUT2D eigenvalue weighted by Gasteiger charge is -2.32. The van der Waals surface area contributed by atoms with Crippen LogP contribution in [0.3, 0.4) is 0 Å². The van der Waals surface area contributed by atoms with Crippen LogP contribution in [0.15, 0.2) is 47.4 Å². The van der Waals surface area contributed by atoms with E-state index in [4.69, 9.17) is 28.3 Å². The summed E-state index contributed by atoms with van der Waals surface area (Å²) in [5, 5.41) is 9.49. The van der Waals surface area contributed by atoms with Crippen molar-refractivity contribution in [3.05, 3.63) is 63.6 Å². The quantitative estimate of drug-likeness (QED) is 0.775. The van der Waals surface area contributed by atoms with E-state index < -0.39 is 16.0 Å². The van der Waals surface area contributed by atoms with E-state index in [1.165, 1.54) is 22.5 Å². The van der Waals surface area contributed by atoms with E-state index in [0.717, 1.165) is 18.4 Å². The highest BCUT2D eigenvalue weighted by Crippen LogP contribution is 2.32. The van der Waals surface area contributed by atoms with Crippen molar-refractivity contribution in [3.8, 4) is 0 Å². The molecule has 2 aromatic carbocycles. The van der Waals surface area contributed by atoms with Gasteiger partial charge in [-0.2, -0.15) is 4.31 Å². The lowest BCUT2D eigenvalue weighted by atomic mass is 9.90. The SMILES string of the molecule is O=C(O)Cc1cccc(C2CCCN(S(=O)(=O)c3ccc(Cl)c(Cl)c3)C2)c1. The number of carboxylic acids is 1. The molecule has 5 nitrogen and oxygen atoms in total. The first-order valence-corrected chi connectivity index (χ1v) is 10.7. The van der Waals surface area contributed by atoms with Crippen LogP contribution in [0.2, 0.25) is 10.0 Å². The zero-order valence-electron chi connectivity index (χ0n) is 14.4. The van der Waals surface area contributed by atoms with Crippen molar-refractivity contribution < 1.29 is 18.3 Å². The van der Waals surface area contributed by atoms with E-state index in [1.807, 2.05) is 18.2 Å². The van der Waals surface area contributed by atoms with Gasteiger partial charge in [0.15, 0.2) is 0 Å². The van der Waals surface area contributed by atoms with Gasteiger partial charge in [-0.05, 0) is 48.1 Å². The van der Waals surface area contributed by atoms with E-state index in [1.54, 1.807) is 6.07 Å². The lowest BCUT2D eigenvalue weighted by molar-refractivity contribution is -0.136. The first kappa shape index (κ1) is 20.1. The maximum absolute atomic E-state index is 13.0. The number of hydrogen-bond donors (Lipinski definition) is 1. The van der Waals surface area contributed by atoms with Crippen LogP contribution < -0.4 is 0 Å². The first-order chi connectivity index (χ1) is 12.8. The molecular weight excluding hydrogens is 409 g/mol. The molecule has 0 bridgehead atoms. The summed E-state index contributed by atoms with van der Waals surface area (Å²) in [6, 6.07) is 11.7. The number of piperidine rings is 1. The highest BCUT2D eigenvalue weighted by atomic mass is 35.5. The number of sulfonamides is 1. The molecule has 1 saturated heterocycles. The molecular formula is C19H19Cl2NO4S. The van der Waals surface area contributed by atoms with Gasteiger partial charge in [0.05, 0.1) is 21.4 Å². The molecule has 3 rings (SSSR count). The zero-order chi connectivity index (χ0) is 19.6. The number of nitrogens with zero attached hydrogens (tertiary/aromatic N) is 1. The molecule has 1 atom stereocenters. The summed E-state index contributed by atoms with van der Waals surface area (Å²) in [5.41, 5.74) is 1.67. The second kappa shape index (κ2) is 8.19. The Balaban J connectivity index is 1.83. The van der Waals surface area contributed by atoms with E-state index >= 15 is 0 Å². The fourth-order valence-corrected chi connectivity index (χ4v) is 5.26. The van der Waals surface area contributed by atoms with Gasteiger partial charge in [-0.1, -0.05) is 47.5 Å². The van der Waals surface area contributed by atoms with Gasteiger partial charge in [0.2, 0.25) is 10.0 Å². The molecule has 1 aliphatic heterocycles. The third-order valence-corrected chi connectivity index (χ3v) is 7.29. The second-order valence-corrected chi connectivity index (χ2v) is 9.35. The molecule has 144 valence electrons. The molecule has 27 heavy (non-hydrogen) atoms. The molecule has 1 heterocycles. The molecule has 1 aliphatic rings. The predicted molar refractivity (Wildman–Crippen MR) is 105 cm³/mol. The molecule has 0 radical (unpaired) electrons. The van der Waals surface area contributed by atoms with Gasteiger partial charge in [0, 0.05) is 13.1 Å². The zero-order valence-corrected chi connectivity index (χ0v) is 16.8. The Morgan fingerprint density at radius 1 is 1.15 bits per heavy atom. The molecule has 0 saturated carbocycles. The van der Waals surface area contributed by atoms with Crippen LogP contribution in [0.1, 0.15) is 29.9 Å². The Morgan fingerprint density at radius 3 is 2.63 bits per heavy atom. The maximum atomic E-state index is 13.0. The van der Waals surface area contributed by atoms with Gasteiger partial charge < -0.3 is 5.11 Å². The Labute approximate surface area is 168 Å². The number of aliphatic carboxylic acids is 1. The van der Waals surface area contributed by atoms with E-state index in [0.29, 0.717) is 23.7 Å². The minimum Gasteiger partial charge on any atom is -0.481 e. The van der Waals surface area contributed by atoms with Crippen molar-refractivity contribution in [2.24, 2.45) is 0 Å². The molecule has 2 aromatic rings. The smallest absolute Gasteiger partial charge is 0.307 e. The third-order valence-electron chi connectivity index (χ3n) is 4.69. The van der Waals surface area contributed by atoms with Crippen molar-refractivity contribution in [1.29, 1.82) is 0 Å². The van der Waals surface area contributed by atoms with Crippen LogP contribution in [0, 0.1) is 0 Å². The van der Waals surface area contributed by atoms with Crippen LogP contribution in [0.25, 0.3) is 0 Å². The molecule has 0 aromatic heterocycles. The van der Waals surface area contributed by atoms with Crippen molar-refractivity contribution >= 4 is 39.2 Å². The lowest BCUT2D eigenvalue weighted by Crippen LogP contribution is -2.39. The van der Waals surface area contributed by atoms with Crippen LogP contribution in [0.4, 0.5) is 0 Å². The number of benzene rings is 2. The first-order valence-electron chi connectivity index (χ1n) is 8.53. The summed E-state index contributed by atoms with van der Waals surface area (Å²) in [4.78, 5) is 11.1. The Kier molecular flexibility index (Phi) is 6.11. The average Bonchev–Trinajstić information content (AvgIpc) is 2.63. The highest BCUT2D eigenvalue weighted by Gasteiger charge is 2.31. The van der Waals surface area contributed by atoms with Crippen LogP contribution in [-0.4, -0.2) is 36.9 Å². The number of hydrogen-bond acceptors (Lipinski definition) is 3. The van der Waals surface area contributed by atoms with Crippen molar-refractivity contribution in [3.63, 3.8) is 0 Å². The Morgan fingerprint density at radius 2 is 1.93 bits per heavy atom. The molecule has 1 unspecified atom stereocenters. The molecule has 0 amide bonds. The summed E-state index contributed by atoms with van der Waals surface area (Å²) >= 11 is 11.9. The molecule has 1 fully saturated rings. The standard InChI is InChI=1S/C19H19Cl2NO4S/c20-17-7-6-16(11-18(17)21)27(25,26)22-8-2-5-15(12-22)14-4-1-3-13(9-14)10-19(23)24/h1,3-4,6-7,9,11,15H,2,5,8,10,12H2,(H,23,24). The molecule has 0 aliphatic carbocycles. The van der Waals surface area contributed by atoms with Crippen LogP contribution >= 0.6 is 23.2 Å². The van der Waals surface area contributed by atoms with Crippen LogP contribution in [-0.2, 0) is 21.2 Å². The van der Waals surface area contributed by atoms with Gasteiger partial charge in [-0.15, -0.1) is 0 Å². The summed E-state index contributed by atoms with van der Waals surface area (Å²) in [6.45, 7) is 0.785. The van der Waals surface area contributed by atoms with Crippen molar-refractivity contribution in [2.75, 3.05) is 13.1 Å². The minimum atomic E-state index is -3.68. The van der Waals surface area contributed by atoms with Crippen LogP contribution in [0.5, 0.6) is 0 Å². The highest BCUT2D eigenvalue weighted by molar-refractivity contribution is 7.89. The van der Waals surface area contributed by atoms with E-state index in [9.17, 15) is 13.2 Å². The molecule has 0 spiro atoms. The van der Waals surface area contributed by atoms with Gasteiger partial charge in [-0.3, -0.25) is 4.79 Å². The summed E-state index contributed by atoms with van der Waals surface area (Å²) in [7, 11) is -3.68. The Hall–Kier alpha value is -1.60. The summed E-state index contributed by atoms with van der Waals surface area (Å²) in [6.07, 6.45) is 1.53. The maximum Gasteiger partial charge on any atom is 0.307 e. The fraction of sp³-hybridized carbons (Fsp3) is 0.316. The summed E-state index contributed by atoms with van der Waals surface area (Å²) < 4.78 is 27.4. The number of carboxylic acid groups (broad SMARTS) is 1. The minimum absolute atomic E-state index is 0.0186. The van der Waals surface area contributed by atoms with Gasteiger partial charge >= 0.3 is 5.97 Å². The number of carbonyl (C=O) groups is 1. The van der Waals surface area contributed by atoms with E-state index in [2.05, 4.69) is 0 Å². The van der Waals surface area contributed by atoms with Gasteiger partial charge in [0.25, 0.3) is 0 Å². The normalized spacial score (nSPS) is 18.4. The average molecular weight is 428 g/mol. The second-order valence-electron chi connectivity index (χ2n) is 6.59. The molecule has 1 N–H and O–H groups in total. The van der Waals surface area contributed by atoms with Crippen molar-refractivity contribution in [2.45, 2.75) is 30.1 Å². The summed E-state index contributed by atoms with van der Waals surface area (Å²) in [5.74, 6) is -0.871. The number of halogens is 2. The number of rotatable bonds is 5. The Bertz CT molecular complexity index is 962. The molecule has 8 heteroatoms. The fourth-order valence-electron chi connectivity index (χ4n) is 3.35. The largest absolute Gasteiger partial charge is 0.481 e. The topological polar surface area (TPSA) is 74.7 Å². The third kappa shape index (κ3) is 4.63. The van der Waals surface area contributed by atoms with Crippen molar-refractivity contribution in [1.82, 2.24) is 4.31 Å². The predicted octanol–water partition coefficient (Wildman–Crippen LogP) is 4.19. The van der Waals surface area contributed by atoms with Gasteiger partial charge in [0.1, 0.15) is 0 Å². The van der Waals surface area contributed by atoms with E-state index in [-0.39, 0.29) is 22.3 Å².